The van der Waals surface area contributed by atoms with Crippen molar-refractivity contribution in [2.24, 2.45) is 0 Å². The number of hydrogen-bond acceptors (Lipinski definition) is 12. The van der Waals surface area contributed by atoms with E-state index in [-0.39, 0.29) is 60.1 Å². The molecule has 0 aliphatic carbocycles. The number of hydrogen-bond donors (Lipinski definition) is 2. The molecule has 4 atom stereocenters. The molecule has 14 nitrogen and oxygen atoms in total. The quantitative estimate of drug-likeness (QED) is 0.0360. The summed E-state index contributed by atoms with van der Waals surface area (Å²) in [6.07, 6.45) is 52.6. The van der Waals surface area contributed by atoms with E-state index in [1.54, 1.807) is 24.3 Å². The third kappa shape index (κ3) is 54.4. The van der Waals surface area contributed by atoms with Crippen molar-refractivity contribution in [1.82, 2.24) is 20.4 Å². The molecular formula is C83H152N4O10. The lowest BCUT2D eigenvalue weighted by Crippen LogP contribution is -2.32. The van der Waals surface area contributed by atoms with Gasteiger partial charge in [-0.3, -0.25) is 28.8 Å². The van der Waals surface area contributed by atoms with E-state index in [2.05, 4.69) is 75.8 Å². The van der Waals surface area contributed by atoms with Crippen LogP contribution in [0.5, 0.6) is 0 Å². The van der Waals surface area contributed by atoms with Gasteiger partial charge in [-0.1, -0.05) is 222 Å². The largest absolute Gasteiger partial charge is 0.462 e. The number of benzene rings is 1. The predicted octanol–water partition coefficient (Wildman–Crippen LogP) is 21.5. The smallest absolute Gasteiger partial charge is 0.306 e. The van der Waals surface area contributed by atoms with Crippen molar-refractivity contribution >= 4 is 35.7 Å². The molecule has 0 heterocycles. The van der Waals surface area contributed by atoms with Crippen molar-refractivity contribution in [3.8, 4) is 0 Å². The predicted molar refractivity (Wildman–Crippen MR) is 404 cm³/mol. The van der Waals surface area contributed by atoms with Crippen molar-refractivity contribution in [3.63, 3.8) is 0 Å². The number of ether oxygens (including phenoxy) is 4. The Balaban J connectivity index is 2.73. The maximum Gasteiger partial charge on any atom is 0.306 e. The van der Waals surface area contributed by atoms with Crippen molar-refractivity contribution in [3.05, 3.63) is 35.4 Å². The molecular weight excluding hydrogens is 1210 g/mol. The van der Waals surface area contributed by atoms with E-state index in [0.717, 1.165) is 283 Å². The highest BCUT2D eigenvalue weighted by Gasteiger charge is 2.18. The average Bonchev–Trinajstić information content (AvgIpc) is 1.30. The fourth-order valence-corrected chi connectivity index (χ4v) is 13.0. The van der Waals surface area contributed by atoms with Crippen LogP contribution in [0, 0.1) is 0 Å². The molecule has 0 aliphatic rings. The van der Waals surface area contributed by atoms with E-state index in [9.17, 15) is 28.8 Å². The highest BCUT2D eigenvalue weighted by atomic mass is 16.6. The van der Waals surface area contributed by atoms with Crippen LogP contribution >= 0.6 is 0 Å². The van der Waals surface area contributed by atoms with E-state index >= 15 is 0 Å². The molecule has 0 radical (unpaired) electrons. The minimum Gasteiger partial charge on any atom is -0.462 e. The van der Waals surface area contributed by atoms with Crippen LogP contribution in [0.4, 0.5) is 0 Å². The second-order valence-electron chi connectivity index (χ2n) is 28.4. The number of nitrogens with zero attached hydrogens (tertiary/aromatic N) is 2. The number of amides is 2. The Labute approximate surface area is 596 Å². The zero-order valence-corrected chi connectivity index (χ0v) is 64.3. The van der Waals surface area contributed by atoms with Crippen LogP contribution in [0.25, 0.3) is 0 Å². The first kappa shape index (κ1) is 91.0. The summed E-state index contributed by atoms with van der Waals surface area (Å²) >= 11 is 0. The zero-order valence-electron chi connectivity index (χ0n) is 64.3. The first-order valence-electron chi connectivity index (χ1n) is 41.2. The fraction of sp³-hybridized carbons (Fsp3) is 0.855. The molecule has 2 N–H and O–H groups in total. The van der Waals surface area contributed by atoms with Gasteiger partial charge in [0.05, 0.1) is 0 Å². The zero-order chi connectivity index (χ0) is 70.9. The van der Waals surface area contributed by atoms with Crippen LogP contribution in [-0.2, 0) is 38.1 Å². The molecule has 0 saturated heterocycles. The molecule has 1 rings (SSSR count). The van der Waals surface area contributed by atoms with Gasteiger partial charge in [-0.05, 0) is 199 Å². The van der Waals surface area contributed by atoms with E-state index < -0.39 is 0 Å². The summed E-state index contributed by atoms with van der Waals surface area (Å²) < 4.78 is 23.2. The number of rotatable bonds is 71. The molecule has 1 aromatic carbocycles. The lowest BCUT2D eigenvalue weighted by Gasteiger charge is -2.22. The van der Waals surface area contributed by atoms with Gasteiger partial charge in [-0.15, -0.1) is 0 Å². The third-order valence-corrected chi connectivity index (χ3v) is 19.5. The van der Waals surface area contributed by atoms with Crippen molar-refractivity contribution in [2.75, 3.05) is 52.4 Å². The van der Waals surface area contributed by atoms with Gasteiger partial charge in [0.2, 0.25) is 0 Å². The molecule has 2 amide bonds. The monoisotopic (exact) mass is 1370 g/mol. The number of esters is 4. The minimum absolute atomic E-state index is 0.0395. The van der Waals surface area contributed by atoms with Gasteiger partial charge < -0.3 is 39.4 Å². The summed E-state index contributed by atoms with van der Waals surface area (Å²) in [5.74, 6) is -0.503. The Morgan fingerprint density at radius 2 is 0.526 bits per heavy atom. The summed E-state index contributed by atoms with van der Waals surface area (Å²) in [5, 5.41) is 6.29. The van der Waals surface area contributed by atoms with Crippen LogP contribution in [0.15, 0.2) is 24.3 Å². The summed E-state index contributed by atoms with van der Waals surface area (Å²) in [4.78, 5) is 82.4. The van der Waals surface area contributed by atoms with Crippen LogP contribution < -0.4 is 10.6 Å². The maximum atomic E-state index is 13.5. The second-order valence-corrected chi connectivity index (χ2v) is 28.4. The topological polar surface area (TPSA) is 170 Å². The van der Waals surface area contributed by atoms with Crippen molar-refractivity contribution in [2.45, 2.75) is 407 Å². The Morgan fingerprint density at radius 3 is 0.794 bits per heavy atom. The van der Waals surface area contributed by atoms with E-state index in [1.807, 2.05) is 0 Å². The van der Waals surface area contributed by atoms with E-state index in [4.69, 9.17) is 18.9 Å². The van der Waals surface area contributed by atoms with Gasteiger partial charge >= 0.3 is 23.9 Å². The van der Waals surface area contributed by atoms with Gasteiger partial charge in [0.15, 0.2) is 0 Å². The molecule has 0 aliphatic heterocycles. The van der Waals surface area contributed by atoms with Gasteiger partial charge in [0.1, 0.15) is 24.4 Å². The molecule has 4 unspecified atom stereocenters. The van der Waals surface area contributed by atoms with Gasteiger partial charge in [-0.2, -0.15) is 0 Å². The SMILES string of the molecule is CCCCCCC(CC)OC(=O)CCCCCCCCN(CCCCCCCCC(=O)OC(CC)CCCCC)CCCNC(=O)c1cccc(C(=O)NCCCN(CCCCCCCCC(=O)OC(CC)CCCCC)CCCCCCCCC(=O)OC(CC)CCCCC)c1. The number of carbonyl (C=O) groups is 6. The molecule has 564 valence electrons. The standard InChI is InChI=1S/C83H152N4O10/c1-9-17-21-41-58-77(16-8)97-81(91)62-45-33-25-29-37-49-68-87(67-48-36-28-24-32-44-61-80(90)96-76(15-7)57-40-20-12-4)70-52-64-85-83(93)73-54-50-53-72(71-73)82(92)84-63-51-69-86(65-46-34-26-22-30-42-59-78(88)94-74(13-5)55-38-18-10-2)66-47-35-27-23-31-43-60-79(89)95-75(14-6)56-39-19-11-3/h50,53-54,71,74-77H,9-49,51-52,55-70H2,1-8H3,(H,84,92)(H,85,93). The Kier molecular flexibility index (Phi) is 62.4. The minimum atomic E-state index is -0.167. The third-order valence-electron chi connectivity index (χ3n) is 19.5. The second kappa shape index (κ2) is 66.5. The summed E-state index contributed by atoms with van der Waals surface area (Å²) in [7, 11) is 0. The highest BCUT2D eigenvalue weighted by molar-refractivity contribution is 5.99. The number of nitrogens with one attached hydrogen (secondary N) is 2. The van der Waals surface area contributed by atoms with Crippen LogP contribution in [0.2, 0.25) is 0 Å². The van der Waals surface area contributed by atoms with E-state index in [1.165, 1.54) is 57.8 Å². The molecule has 97 heavy (non-hydrogen) atoms. The molecule has 1 aromatic rings. The molecule has 14 heteroatoms. The van der Waals surface area contributed by atoms with Gasteiger partial charge in [0, 0.05) is 49.9 Å². The maximum absolute atomic E-state index is 13.5. The van der Waals surface area contributed by atoms with Crippen molar-refractivity contribution < 1.29 is 47.7 Å². The average molecular weight is 1370 g/mol. The van der Waals surface area contributed by atoms with Gasteiger partial charge in [0.25, 0.3) is 11.8 Å². The normalized spacial score (nSPS) is 12.8. The van der Waals surface area contributed by atoms with Gasteiger partial charge in [-0.25, -0.2) is 0 Å². The lowest BCUT2D eigenvalue weighted by atomic mass is 10.1. The number of carbonyl (C=O) groups excluding carboxylic acids is 6. The van der Waals surface area contributed by atoms with Crippen LogP contribution in [-0.4, -0.2) is 122 Å². The summed E-state index contributed by atoms with van der Waals surface area (Å²) in [6, 6.07) is 7.07. The Hall–Kier alpha value is -4.04. The van der Waals surface area contributed by atoms with E-state index in [0.29, 0.717) is 49.9 Å². The van der Waals surface area contributed by atoms with Crippen molar-refractivity contribution in [1.29, 1.82) is 0 Å². The fourth-order valence-electron chi connectivity index (χ4n) is 13.0. The lowest BCUT2D eigenvalue weighted by molar-refractivity contribution is -0.150. The molecule has 0 aromatic heterocycles. The molecule has 0 spiro atoms. The first-order chi connectivity index (χ1) is 47.4. The molecule has 0 fully saturated rings. The molecule has 0 saturated carbocycles. The highest BCUT2D eigenvalue weighted by Crippen LogP contribution is 2.20. The van der Waals surface area contributed by atoms with Crippen LogP contribution in [0.1, 0.15) is 404 Å². The molecule has 0 bridgehead atoms. The Bertz CT molecular complexity index is 1990. The number of unbranched alkanes of at least 4 members (excludes halogenated alkanes) is 29. The summed E-state index contributed by atoms with van der Waals surface area (Å²) in [6.45, 7) is 24.2. The summed E-state index contributed by atoms with van der Waals surface area (Å²) in [5.41, 5.74) is 0.975. The first-order valence-corrected chi connectivity index (χ1v) is 41.2. The van der Waals surface area contributed by atoms with Crippen LogP contribution in [0.3, 0.4) is 0 Å². The Morgan fingerprint density at radius 1 is 0.299 bits per heavy atom.